The Morgan fingerprint density at radius 3 is 2.74 bits per heavy atom. The first-order valence-electron chi connectivity index (χ1n) is 6.10. The number of nitrogens with zero attached hydrogens (tertiary/aromatic N) is 2. The number of primary amides is 1. The molecule has 1 saturated heterocycles. The summed E-state index contributed by atoms with van der Waals surface area (Å²) in [6, 6.07) is 7.27. The molecule has 1 aliphatic heterocycles. The number of carbonyl (C=O) groups is 1. The van der Waals surface area contributed by atoms with E-state index in [0.717, 1.165) is 18.5 Å². The van der Waals surface area contributed by atoms with Crippen molar-refractivity contribution in [2.45, 2.75) is 18.9 Å². The third kappa shape index (κ3) is 3.30. The number of benzene rings is 1. The summed E-state index contributed by atoms with van der Waals surface area (Å²) < 4.78 is 0. The Hall–Kier alpha value is -1.93. The Morgan fingerprint density at radius 2 is 2.16 bits per heavy atom. The maximum atomic E-state index is 11.0. The number of hydrogen-bond acceptors (Lipinski definition) is 3. The molecule has 1 aromatic rings. The van der Waals surface area contributed by atoms with E-state index in [2.05, 4.69) is 11.4 Å². The number of carbonyl (C=O) groups excluding carboxylic acids is 1. The van der Waals surface area contributed by atoms with Crippen molar-refractivity contribution in [3.63, 3.8) is 0 Å². The summed E-state index contributed by atoms with van der Waals surface area (Å²) in [6.07, 6.45) is 1.68. The van der Waals surface area contributed by atoms with Gasteiger partial charge in [-0.2, -0.15) is 5.26 Å². The second-order valence-electron chi connectivity index (χ2n) is 4.55. The van der Waals surface area contributed by atoms with E-state index in [1.807, 2.05) is 6.07 Å². The molecule has 2 rings (SSSR count). The van der Waals surface area contributed by atoms with Crippen molar-refractivity contribution in [3.05, 3.63) is 28.8 Å². The lowest BCUT2D eigenvalue weighted by molar-refractivity contribution is 0.193. The van der Waals surface area contributed by atoms with Crippen LogP contribution in [0.1, 0.15) is 18.4 Å². The summed E-state index contributed by atoms with van der Waals surface area (Å²) in [5.41, 5.74) is 6.57. The molecule has 19 heavy (non-hydrogen) atoms. The molecule has 1 heterocycles. The predicted octanol–water partition coefficient (Wildman–Crippen LogP) is 2.17. The Kier molecular flexibility index (Phi) is 4.13. The molecule has 1 aromatic carbocycles. The zero-order valence-corrected chi connectivity index (χ0v) is 11.2. The number of amides is 2. The van der Waals surface area contributed by atoms with E-state index in [9.17, 15) is 4.79 Å². The fourth-order valence-corrected chi connectivity index (χ4v) is 2.34. The molecule has 0 saturated carbocycles. The van der Waals surface area contributed by atoms with E-state index >= 15 is 0 Å². The Morgan fingerprint density at radius 1 is 1.47 bits per heavy atom. The first kappa shape index (κ1) is 13.5. The number of halogens is 1. The molecule has 6 heteroatoms. The Bertz CT molecular complexity index is 518. The fraction of sp³-hybridized carbons (Fsp3) is 0.385. The molecule has 100 valence electrons. The van der Waals surface area contributed by atoms with Gasteiger partial charge in [-0.05, 0) is 31.0 Å². The molecule has 0 atom stereocenters. The van der Waals surface area contributed by atoms with Crippen molar-refractivity contribution in [1.29, 1.82) is 5.26 Å². The van der Waals surface area contributed by atoms with Gasteiger partial charge in [-0.15, -0.1) is 0 Å². The fourth-order valence-electron chi connectivity index (χ4n) is 2.18. The minimum atomic E-state index is -0.364. The zero-order valence-electron chi connectivity index (χ0n) is 10.4. The summed E-state index contributed by atoms with van der Waals surface area (Å²) in [5, 5.41) is 12.7. The van der Waals surface area contributed by atoms with Gasteiger partial charge in [-0.3, -0.25) is 0 Å². The van der Waals surface area contributed by atoms with Crippen molar-refractivity contribution < 1.29 is 4.79 Å². The SMILES string of the molecule is N#Cc1cc(NC2CCN(C(N)=O)CC2)ccc1Cl. The molecule has 5 nitrogen and oxygen atoms in total. The highest BCUT2D eigenvalue weighted by atomic mass is 35.5. The zero-order chi connectivity index (χ0) is 13.8. The predicted molar refractivity (Wildman–Crippen MR) is 74.0 cm³/mol. The first-order valence-corrected chi connectivity index (χ1v) is 6.48. The van der Waals surface area contributed by atoms with Gasteiger partial charge in [0.15, 0.2) is 0 Å². The smallest absolute Gasteiger partial charge is 0.314 e. The number of nitrogens with two attached hydrogens (primary N) is 1. The average Bonchev–Trinajstić information content (AvgIpc) is 2.41. The normalized spacial score (nSPS) is 15.9. The van der Waals surface area contributed by atoms with E-state index in [1.54, 1.807) is 17.0 Å². The van der Waals surface area contributed by atoms with Crippen molar-refractivity contribution >= 4 is 23.3 Å². The van der Waals surface area contributed by atoms with Crippen molar-refractivity contribution in [2.75, 3.05) is 18.4 Å². The lowest BCUT2D eigenvalue weighted by atomic mass is 10.0. The van der Waals surface area contributed by atoms with Gasteiger partial charge in [0.25, 0.3) is 0 Å². The van der Waals surface area contributed by atoms with E-state index in [-0.39, 0.29) is 12.1 Å². The number of hydrogen-bond donors (Lipinski definition) is 2. The molecule has 1 fully saturated rings. The van der Waals surface area contributed by atoms with E-state index < -0.39 is 0 Å². The van der Waals surface area contributed by atoms with Crippen LogP contribution in [0.15, 0.2) is 18.2 Å². The van der Waals surface area contributed by atoms with Crippen molar-refractivity contribution in [3.8, 4) is 6.07 Å². The van der Waals surface area contributed by atoms with Crippen molar-refractivity contribution in [2.24, 2.45) is 5.73 Å². The van der Waals surface area contributed by atoms with Gasteiger partial charge in [0.1, 0.15) is 6.07 Å². The average molecular weight is 279 g/mol. The molecule has 0 bridgehead atoms. The first-order chi connectivity index (χ1) is 9.10. The molecular weight excluding hydrogens is 264 g/mol. The van der Waals surface area contributed by atoms with Crippen LogP contribution in [-0.4, -0.2) is 30.1 Å². The third-order valence-corrected chi connectivity index (χ3v) is 3.59. The summed E-state index contributed by atoms with van der Waals surface area (Å²) >= 11 is 5.88. The van der Waals surface area contributed by atoms with Crippen LogP contribution in [0.3, 0.4) is 0 Å². The summed E-state index contributed by atoms with van der Waals surface area (Å²) in [6.45, 7) is 1.32. The van der Waals surface area contributed by atoms with Gasteiger partial charge >= 0.3 is 6.03 Å². The largest absolute Gasteiger partial charge is 0.382 e. The van der Waals surface area contributed by atoms with Crippen LogP contribution in [0.4, 0.5) is 10.5 Å². The van der Waals surface area contributed by atoms with Crippen molar-refractivity contribution in [1.82, 2.24) is 4.90 Å². The summed E-state index contributed by atoms with van der Waals surface area (Å²) in [7, 11) is 0. The summed E-state index contributed by atoms with van der Waals surface area (Å²) in [5.74, 6) is 0. The maximum Gasteiger partial charge on any atom is 0.314 e. The van der Waals surface area contributed by atoms with E-state index in [1.165, 1.54) is 0 Å². The molecule has 0 aromatic heterocycles. The highest BCUT2D eigenvalue weighted by Gasteiger charge is 2.21. The second kappa shape index (κ2) is 5.81. The number of urea groups is 1. The summed E-state index contributed by atoms with van der Waals surface area (Å²) in [4.78, 5) is 12.7. The number of likely N-dealkylation sites (tertiary alicyclic amines) is 1. The number of rotatable bonds is 2. The number of nitriles is 1. The minimum Gasteiger partial charge on any atom is -0.382 e. The van der Waals surface area contributed by atoms with Crippen LogP contribution < -0.4 is 11.1 Å². The van der Waals surface area contributed by atoms with E-state index in [4.69, 9.17) is 22.6 Å². The lowest BCUT2D eigenvalue weighted by Gasteiger charge is -2.31. The molecular formula is C13H15ClN4O. The number of nitrogens with one attached hydrogen (secondary N) is 1. The second-order valence-corrected chi connectivity index (χ2v) is 4.96. The molecule has 3 N–H and O–H groups in total. The van der Waals surface area contributed by atoms with Crippen LogP contribution in [0.2, 0.25) is 5.02 Å². The highest BCUT2D eigenvalue weighted by molar-refractivity contribution is 6.31. The number of anilines is 1. The number of piperidine rings is 1. The van der Waals surface area contributed by atoms with Crippen LogP contribution in [0.25, 0.3) is 0 Å². The lowest BCUT2D eigenvalue weighted by Crippen LogP contribution is -2.44. The van der Waals surface area contributed by atoms with Gasteiger partial charge in [0, 0.05) is 24.8 Å². The van der Waals surface area contributed by atoms with Crippen LogP contribution in [-0.2, 0) is 0 Å². The van der Waals surface area contributed by atoms with Gasteiger partial charge in [-0.25, -0.2) is 4.79 Å². The maximum absolute atomic E-state index is 11.0. The molecule has 2 amide bonds. The van der Waals surface area contributed by atoms with Gasteiger partial charge in [0.2, 0.25) is 0 Å². The third-order valence-electron chi connectivity index (χ3n) is 3.26. The Balaban J connectivity index is 1.96. The monoisotopic (exact) mass is 278 g/mol. The standard InChI is InChI=1S/C13H15ClN4O/c14-12-2-1-11(7-9(12)8-15)17-10-3-5-18(6-4-10)13(16)19/h1-2,7,10,17H,3-6H2,(H2,16,19). The van der Waals surface area contributed by atoms with Gasteiger partial charge in [-0.1, -0.05) is 11.6 Å². The topological polar surface area (TPSA) is 82.2 Å². The molecule has 0 spiro atoms. The van der Waals surface area contributed by atoms with E-state index in [0.29, 0.717) is 23.7 Å². The molecule has 0 radical (unpaired) electrons. The minimum absolute atomic E-state index is 0.281. The van der Waals surface area contributed by atoms with Crippen LogP contribution in [0.5, 0.6) is 0 Å². The van der Waals surface area contributed by atoms with Gasteiger partial charge < -0.3 is 16.0 Å². The van der Waals surface area contributed by atoms with Crippen LogP contribution >= 0.6 is 11.6 Å². The van der Waals surface area contributed by atoms with Gasteiger partial charge in [0.05, 0.1) is 10.6 Å². The molecule has 0 unspecified atom stereocenters. The molecule has 1 aliphatic rings. The molecule has 0 aliphatic carbocycles. The quantitative estimate of drug-likeness (QED) is 0.870. The Labute approximate surface area is 116 Å². The highest BCUT2D eigenvalue weighted by Crippen LogP contribution is 2.22. The van der Waals surface area contributed by atoms with Crippen LogP contribution in [0, 0.1) is 11.3 Å².